The Morgan fingerprint density at radius 2 is 1.94 bits per heavy atom. The number of hydrogen-bond acceptors (Lipinski definition) is 2. The molecule has 1 aliphatic carbocycles. The Balaban J connectivity index is 1.79. The van der Waals surface area contributed by atoms with Gasteiger partial charge in [-0.15, -0.1) is 0 Å². The molecule has 2 heteroatoms. The molecule has 0 amide bonds. The summed E-state index contributed by atoms with van der Waals surface area (Å²) in [5.41, 5.74) is 6.52. The summed E-state index contributed by atoms with van der Waals surface area (Å²) in [5, 5.41) is 0. The lowest BCUT2D eigenvalue weighted by Gasteiger charge is -2.41. The molecule has 2 fully saturated rings. The topological polar surface area (TPSA) is 29.3 Å². The van der Waals surface area contributed by atoms with Gasteiger partial charge < -0.3 is 10.6 Å². The predicted molar refractivity (Wildman–Crippen MR) is 69.4 cm³/mol. The first-order valence-electron chi connectivity index (χ1n) is 7.10. The summed E-state index contributed by atoms with van der Waals surface area (Å²) in [4.78, 5) is 2.63. The van der Waals surface area contributed by atoms with Gasteiger partial charge in [0.15, 0.2) is 0 Å². The van der Waals surface area contributed by atoms with Crippen LogP contribution in [0.3, 0.4) is 0 Å². The van der Waals surface area contributed by atoms with Gasteiger partial charge in [-0.1, -0.05) is 13.8 Å². The van der Waals surface area contributed by atoms with E-state index in [0.717, 1.165) is 18.4 Å². The Labute approximate surface area is 101 Å². The van der Waals surface area contributed by atoms with Crippen LogP contribution in [0.1, 0.15) is 52.4 Å². The molecule has 1 unspecified atom stereocenters. The predicted octanol–water partition coefficient (Wildman–Crippen LogP) is 2.63. The third-order valence-corrected chi connectivity index (χ3v) is 4.70. The van der Waals surface area contributed by atoms with Gasteiger partial charge in [0.05, 0.1) is 0 Å². The van der Waals surface area contributed by atoms with Crippen LogP contribution in [0.4, 0.5) is 0 Å². The number of nitrogens with zero attached hydrogens (tertiary/aromatic N) is 1. The van der Waals surface area contributed by atoms with E-state index in [1.54, 1.807) is 0 Å². The van der Waals surface area contributed by atoms with Crippen molar-refractivity contribution in [3.63, 3.8) is 0 Å². The second kappa shape index (κ2) is 5.05. The fourth-order valence-electron chi connectivity index (χ4n) is 3.24. The van der Waals surface area contributed by atoms with Crippen molar-refractivity contribution >= 4 is 0 Å². The molecule has 0 aromatic heterocycles. The van der Waals surface area contributed by atoms with E-state index in [2.05, 4.69) is 18.7 Å². The summed E-state index contributed by atoms with van der Waals surface area (Å²) in [7, 11) is 0. The van der Waals surface area contributed by atoms with Gasteiger partial charge in [0.1, 0.15) is 0 Å². The largest absolute Gasteiger partial charge is 0.324 e. The van der Waals surface area contributed by atoms with Crippen LogP contribution in [0, 0.1) is 11.8 Å². The summed E-state index contributed by atoms with van der Waals surface area (Å²) in [5.74, 6) is 1.80. The van der Waals surface area contributed by atoms with Crippen LogP contribution in [0.5, 0.6) is 0 Å². The van der Waals surface area contributed by atoms with E-state index in [0.29, 0.717) is 0 Å². The van der Waals surface area contributed by atoms with E-state index in [1.165, 1.54) is 51.6 Å². The van der Waals surface area contributed by atoms with Gasteiger partial charge in [0.25, 0.3) is 0 Å². The molecule has 2 nitrogen and oxygen atoms in total. The van der Waals surface area contributed by atoms with Crippen molar-refractivity contribution in [2.45, 2.75) is 57.9 Å². The molecule has 1 atom stereocenters. The molecular weight excluding hydrogens is 196 g/mol. The Bertz CT molecular complexity index is 221. The number of hydrogen-bond donors (Lipinski definition) is 1. The lowest BCUT2D eigenvalue weighted by Crippen LogP contribution is -2.55. The summed E-state index contributed by atoms with van der Waals surface area (Å²) >= 11 is 0. The van der Waals surface area contributed by atoms with E-state index < -0.39 is 0 Å². The molecule has 1 saturated heterocycles. The normalized spacial score (nSPS) is 31.1. The molecule has 2 aliphatic rings. The summed E-state index contributed by atoms with van der Waals surface area (Å²) < 4.78 is 0. The van der Waals surface area contributed by atoms with Crippen molar-refractivity contribution in [3.8, 4) is 0 Å². The van der Waals surface area contributed by atoms with Gasteiger partial charge >= 0.3 is 0 Å². The fourth-order valence-corrected chi connectivity index (χ4v) is 3.24. The summed E-state index contributed by atoms with van der Waals surface area (Å²) in [6, 6.07) is 0. The smallest absolute Gasteiger partial charge is 0.0283 e. The first kappa shape index (κ1) is 12.4. The third-order valence-electron chi connectivity index (χ3n) is 4.70. The molecular formula is C14H28N2. The van der Waals surface area contributed by atoms with E-state index in [1.807, 2.05) is 0 Å². The van der Waals surface area contributed by atoms with Gasteiger partial charge in [0.2, 0.25) is 0 Å². The second-order valence-corrected chi connectivity index (χ2v) is 6.43. The average Bonchev–Trinajstić information content (AvgIpc) is 2.41. The SMILES string of the molecule is CC(C)C1CCCN(CC2(N)CCC2)CC1. The maximum atomic E-state index is 6.34. The van der Waals surface area contributed by atoms with Gasteiger partial charge in [-0.3, -0.25) is 0 Å². The summed E-state index contributed by atoms with van der Waals surface area (Å²) in [6.45, 7) is 8.45. The molecule has 0 spiro atoms. The molecule has 1 aliphatic heterocycles. The standard InChI is InChI=1S/C14H28N2/c1-12(2)13-5-3-9-16(10-6-13)11-14(15)7-4-8-14/h12-13H,3-11,15H2,1-2H3. The van der Waals surface area contributed by atoms with E-state index in [9.17, 15) is 0 Å². The van der Waals surface area contributed by atoms with E-state index in [4.69, 9.17) is 5.73 Å². The quantitative estimate of drug-likeness (QED) is 0.798. The van der Waals surface area contributed by atoms with Crippen LogP contribution in [0.2, 0.25) is 0 Å². The number of rotatable bonds is 3. The minimum Gasteiger partial charge on any atom is -0.324 e. The van der Waals surface area contributed by atoms with Gasteiger partial charge in [-0.25, -0.2) is 0 Å². The third kappa shape index (κ3) is 2.98. The molecule has 94 valence electrons. The highest BCUT2D eigenvalue weighted by Gasteiger charge is 2.34. The zero-order valence-corrected chi connectivity index (χ0v) is 11.0. The monoisotopic (exact) mass is 224 g/mol. The van der Waals surface area contributed by atoms with E-state index >= 15 is 0 Å². The van der Waals surface area contributed by atoms with E-state index in [-0.39, 0.29) is 5.54 Å². The lowest BCUT2D eigenvalue weighted by molar-refractivity contribution is 0.146. The average molecular weight is 224 g/mol. The maximum Gasteiger partial charge on any atom is 0.0283 e. The van der Waals surface area contributed by atoms with Crippen LogP contribution in [-0.4, -0.2) is 30.1 Å². The van der Waals surface area contributed by atoms with Crippen molar-refractivity contribution in [2.75, 3.05) is 19.6 Å². The molecule has 0 aromatic rings. The second-order valence-electron chi connectivity index (χ2n) is 6.43. The Kier molecular flexibility index (Phi) is 3.91. The minimum atomic E-state index is 0.178. The Hall–Kier alpha value is -0.0800. The Morgan fingerprint density at radius 3 is 2.50 bits per heavy atom. The molecule has 2 rings (SSSR count). The highest BCUT2D eigenvalue weighted by Crippen LogP contribution is 2.31. The molecule has 1 heterocycles. The van der Waals surface area contributed by atoms with Crippen LogP contribution >= 0.6 is 0 Å². The van der Waals surface area contributed by atoms with Crippen molar-refractivity contribution in [2.24, 2.45) is 17.6 Å². The molecule has 0 bridgehead atoms. The Morgan fingerprint density at radius 1 is 1.19 bits per heavy atom. The number of nitrogens with two attached hydrogens (primary N) is 1. The lowest BCUT2D eigenvalue weighted by atomic mass is 9.77. The van der Waals surface area contributed by atoms with Crippen molar-refractivity contribution < 1.29 is 0 Å². The number of likely N-dealkylation sites (tertiary alicyclic amines) is 1. The van der Waals surface area contributed by atoms with Crippen molar-refractivity contribution in [1.29, 1.82) is 0 Å². The molecule has 2 N–H and O–H groups in total. The van der Waals surface area contributed by atoms with Crippen molar-refractivity contribution in [1.82, 2.24) is 4.90 Å². The highest BCUT2D eigenvalue weighted by molar-refractivity contribution is 4.95. The zero-order valence-electron chi connectivity index (χ0n) is 11.0. The van der Waals surface area contributed by atoms with Gasteiger partial charge in [-0.2, -0.15) is 0 Å². The molecule has 1 saturated carbocycles. The maximum absolute atomic E-state index is 6.34. The fraction of sp³-hybridized carbons (Fsp3) is 1.00. The van der Waals surface area contributed by atoms with Crippen LogP contribution in [0.15, 0.2) is 0 Å². The van der Waals surface area contributed by atoms with Crippen LogP contribution < -0.4 is 5.73 Å². The molecule has 0 aromatic carbocycles. The molecule has 0 radical (unpaired) electrons. The first-order valence-corrected chi connectivity index (χ1v) is 7.10. The zero-order chi connectivity index (χ0) is 11.6. The van der Waals surface area contributed by atoms with Crippen molar-refractivity contribution in [3.05, 3.63) is 0 Å². The molecule has 16 heavy (non-hydrogen) atoms. The highest BCUT2D eigenvalue weighted by atomic mass is 15.1. The van der Waals surface area contributed by atoms with Crippen LogP contribution in [-0.2, 0) is 0 Å². The van der Waals surface area contributed by atoms with Gasteiger partial charge in [0, 0.05) is 12.1 Å². The minimum absolute atomic E-state index is 0.178. The first-order chi connectivity index (χ1) is 7.59. The van der Waals surface area contributed by atoms with Gasteiger partial charge in [-0.05, 0) is 63.5 Å². The van der Waals surface area contributed by atoms with Crippen LogP contribution in [0.25, 0.3) is 0 Å². The summed E-state index contributed by atoms with van der Waals surface area (Å²) in [6.07, 6.45) is 8.02.